The number of nitrogen functional groups attached to an aromatic ring is 2. The molecule has 2 amide bonds. The number of amides is 2. The highest BCUT2D eigenvalue weighted by Gasteiger charge is 2.12. The Kier molecular flexibility index (Phi) is 12.7. The van der Waals surface area contributed by atoms with Gasteiger partial charge >= 0.3 is 11.9 Å². The Hall–Kier alpha value is -6.91. The first-order valence-electron chi connectivity index (χ1n) is 17.1. The quantitative estimate of drug-likeness (QED) is 0.0748. The summed E-state index contributed by atoms with van der Waals surface area (Å²) in [5, 5.41) is 12.1. The van der Waals surface area contributed by atoms with Crippen molar-refractivity contribution in [1.29, 1.82) is 0 Å². The maximum Gasteiger partial charge on any atom is 0.391 e. The van der Waals surface area contributed by atoms with E-state index in [1.807, 2.05) is 78.7 Å². The van der Waals surface area contributed by atoms with Crippen LogP contribution in [-0.4, -0.2) is 34.8 Å². The summed E-state index contributed by atoms with van der Waals surface area (Å²) >= 11 is 0. The van der Waals surface area contributed by atoms with Gasteiger partial charge in [-0.15, -0.1) is 0 Å². The summed E-state index contributed by atoms with van der Waals surface area (Å²) < 4.78 is 34.8. The number of nitrogens with zero attached hydrogens (tertiary/aromatic N) is 4. The number of hydrogen-bond acceptors (Lipinski definition) is 11. The summed E-state index contributed by atoms with van der Waals surface area (Å²) in [6.45, 7) is 7.28. The molecule has 6 aromatic rings. The number of hydrogen-bond donors (Lipinski definition) is 6. The number of nitrogens with two attached hydrogens (primary N) is 2. The smallest absolute Gasteiger partial charge is 0.391 e. The number of aryl methyl sites for hydroxylation is 3. The molecule has 4 aromatic carbocycles. The first-order chi connectivity index (χ1) is 26.3. The zero-order valence-electron chi connectivity index (χ0n) is 30.4. The molecule has 0 aliphatic heterocycles. The highest BCUT2D eigenvalue weighted by atomic mass is 32.2. The van der Waals surface area contributed by atoms with Crippen LogP contribution < -0.4 is 41.9 Å². The Morgan fingerprint density at radius 2 is 0.964 bits per heavy atom. The minimum atomic E-state index is -4.27. The summed E-state index contributed by atoms with van der Waals surface area (Å²) in [6, 6.07) is 30.4. The summed E-state index contributed by atoms with van der Waals surface area (Å²) in [5.74, 6) is 1.51. The molecular formula is C39H41N10O5S+. The van der Waals surface area contributed by atoms with E-state index in [-0.39, 0.29) is 16.7 Å². The van der Waals surface area contributed by atoms with E-state index in [0.717, 1.165) is 30.0 Å². The Morgan fingerprint density at radius 1 is 0.600 bits per heavy atom. The Labute approximate surface area is 318 Å². The molecule has 2 aromatic heterocycles. The lowest BCUT2D eigenvalue weighted by Crippen LogP contribution is -2.36. The second-order valence-corrected chi connectivity index (χ2v) is 13.5. The van der Waals surface area contributed by atoms with Crippen LogP contribution in [0.4, 0.5) is 46.3 Å². The molecule has 55 heavy (non-hydrogen) atoms. The van der Waals surface area contributed by atoms with Crippen LogP contribution >= 0.6 is 0 Å². The van der Waals surface area contributed by atoms with E-state index in [9.17, 15) is 22.6 Å². The van der Waals surface area contributed by atoms with Crippen LogP contribution in [0.25, 0.3) is 0 Å². The van der Waals surface area contributed by atoms with E-state index in [4.69, 9.17) is 11.5 Å². The lowest BCUT2D eigenvalue weighted by molar-refractivity contribution is -0.681. The second-order valence-electron chi connectivity index (χ2n) is 12.1. The van der Waals surface area contributed by atoms with Crippen molar-refractivity contribution in [3.8, 4) is 0 Å². The molecule has 8 N–H and O–H groups in total. The predicted octanol–water partition coefficient (Wildman–Crippen LogP) is 5.15. The molecule has 0 spiro atoms. The number of rotatable bonds is 11. The molecule has 2 heterocycles. The third-order valence-corrected chi connectivity index (χ3v) is 8.96. The van der Waals surface area contributed by atoms with Crippen molar-refractivity contribution in [3.63, 3.8) is 0 Å². The van der Waals surface area contributed by atoms with E-state index in [2.05, 4.69) is 31.2 Å². The zero-order valence-corrected chi connectivity index (χ0v) is 31.2. The summed E-state index contributed by atoms with van der Waals surface area (Å²) in [4.78, 5) is 34.1. The maximum atomic E-state index is 12.8. The van der Waals surface area contributed by atoms with Crippen LogP contribution in [-0.2, 0) is 23.2 Å². The minimum absolute atomic E-state index is 0.178. The highest BCUT2D eigenvalue weighted by molar-refractivity contribution is 7.85. The van der Waals surface area contributed by atoms with Gasteiger partial charge in [-0.1, -0.05) is 27.7 Å². The molecule has 0 aliphatic rings. The lowest BCUT2D eigenvalue weighted by atomic mass is 10.1. The molecule has 15 nitrogen and oxygen atoms in total. The molecule has 16 heteroatoms. The molecule has 0 atom stereocenters. The van der Waals surface area contributed by atoms with Crippen molar-refractivity contribution >= 4 is 68.2 Å². The van der Waals surface area contributed by atoms with Gasteiger partial charge in [0.05, 0.1) is 30.4 Å². The molecule has 0 saturated heterocycles. The van der Waals surface area contributed by atoms with E-state index in [1.54, 1.807) is 60.7 Å². The number of aromatic nitrogens is 4. The van der Waals surface area contributed by atoms with Crippen molar-refractivity contribution in [2.45, 2.75) is 38.8 Å². The average molecular weight is 762 g/mol. The van der Waals surface area contributed by atoms with Crippen LogP contribution in [0.2, 0.25) is 0 Å². The van der Waals surface area contributed by atoms with Crippen molar-refractivity contribution < 1.29 is 31.7 Å². The van der Waals surface area contributed by atoms with Crippen LogP contribution in [0.15, 0.2) is 126 Å². The van der Waals surface area contributed by atoms with Gasteiger partial charge in [-0.2, -0.15) is 0 Å². The summed E-state index contributed by atoms with van der Waals surface area (Å²) in [7, 11) is -4.27. The SMILES string of the molecule is CC[n+]1ccc(Nc2ccc(NC(=O)c3ccc(C(=O)Nc4ccc(Nc5cc[n+](CC)c(N)n5)cc4)cc3)cc2)nc1N.Cc1ccc(S(=O)(=O)[O-])cc1. The number of carbonyl (C=O) groups excluding carboxylic acids is 2. The van der Waals surface area contributed by atoms with E-state index >= 15 is 0 Å². The van der Waals surface area contributed by atoms with E-state index in [1.165, 1.54) is 12.1 Å². The van der Waals surface area contributed by atoms with Gasteiger partial charge in [0.15, 0.2) is 0 Å². The van der Waals surface area contributed by atoms with Gasteiger partial charge in [-0.3, -0.25) is 21.1 Å². The second kappa shape index (κ2) is 17.7. The molecule has 6 rings (SSSR count). The molecule has 0 radical (unpaired) electrons. The summed E-state index contributed by atoms with van der Waals surface area (Å²) in [6.07, 6.45) is 3.73. The van der Waals surface area contributed by atoms with Crippen molar-refractivity contribution in [2.75, 3.05) is 32.7 Å². The third-order valence-electron chi connectivity index (χ3n) is 8.11. The predicted molar refractivity (Wildman–Crippen MR) is 210 cm³/mol. The molecular weight excluding hydrogens is 721 g/mol. The van der Waals surface area contributed by atoms with Crippen LogP contribution in [0, 0.1) is 6.92 Å². The topological polar surface area (TPSA) is 225 Å². The van der Waals surface area contributed by atoms with E-state index in [0.29, 0.717) is 46.0 Å². The lowest BCUT2D eigenvalue weighted by Gasteiger charge is -2.09. The molecule has 282 valence electrons. The number of benzene rings is 4. The third kappa shape index (κ3) is 11.0. The van der Waals surface area contributed by atoms with Crippen LogP contribution in [0.5, 0.6) is 0 Å². The van der Waals surface area contributed by atoms with Crippen molar-refractivity contribution in [3.05, 3.63) is 138 Å². The number of anilines is 8. The van der Waals surface area contributed by atoms with Crippen LogP contribution in [0.1, 0.15) is 40.1 Å². The number of nitrogens with one attached hydrogen (secondary N) is 4. The highest BCUT2D eigenvalue weighted by Crippen LogP contribution is 2.20. The average Bonchev–Trinajstić information content (AvgIpc) is 3.17. The molecule has 0 aliphatic carbocycles. The van der Waals surface area contributed by atoms with Crippen molar-refractivity contribution in [2.24, 2.45) is 0 Å². The number of carbonyl (C=O) groups is 2. The van der Waals surface area contributed by atoms with Gasteiger partial charge in [-0.05, 0) is 106 Å². The Morgan fingerprint density at radius 3 is 1.29 bits per heavy atom. The maximum absolute atomic E-state index is 12.8. The van der Waals surface area contributed by atoms with Gasteiger partial charge in [0.2, 0.25) is 11.6 Å². The normalized spacial score (nSPS) is 10.8. The first-order valence-corrected chi connectivity index (χ1v) is 18.5. The molecule has 0 fully saturated rings. The van der Waals surface area contributed by atoms with E-state index < -0.39 is 10.1 Å². The van der Waals surface area contributed by atoms with Gasteiger partial charge in [-0.25, -0.2) is 17.6 Å². The fourth-order valence-corrected chi connectivity index (χ4v) is 5.52. The van der Waals surface area contributed by atoms with Gasteiger partial charge in [0.25, 0.3) is 11.8 Å². The van der Waals surface area contributed by atoms with Crippen molar-refractivity contribution in [1.82, 2.24) is 9.97 Å². The fraction of sp³-hybridized carbons (Fsp3) is 0.128. The fourth-order valence-electron chi connectivity index (χ4n) is 5.05. The minimum Gasteiger partial charge on any atom is -0.744 e. The largest absolute Gasteiger partial charge is 0.744 e. The zero-order chi connectivity index (χ0) is 39.5. The first kappa shape index (κ1) is 39.3. The standard InChI is InChI=1S/C32H32N10O2.C7H8O3S/c1-3-41-19-17-27(39-31(41)33)35-23-9-13-25(14-10-23)37-29(43)21-5-7-22(8-6-21)30(44)38-26-15-11-24(12-16-26)36-28-18-20-42(4-2)32(34)40-28;1-6-2-4-7(5-3-6)11(8,9)10/h5-20H,3-4H2,1-2H3,(H6,33,34,35,36,37,38,39,40,43,44);2-5H,1H3,(H,8,9,10)/p+1. The van der Waals surface area contributed by atoms with Gasteiger partial charge in [0.1, 0.15) is 10.1 Å². The van der Waals surface area contributed by atoms with Gasteiger partial charge in [0, 0.05) is 46.0 Å². The van der Waals surface area contributed by atoms with Gasteiger partial charge < -0.3 is 25.8 Å². The Balaban J connectivity index is 0.000000454. The monoisotopic (exact) mass is 761 g/mol. The molecule has 0 saturated carbocycles. The summed E-state index contributed by atoms with van der Waals surface area (Å²) in [5.41, 5.74) is 16.5. The Bertz CT molecular complexity index is 2240. The van der Waals surface area contributed by atoms with Crippen LogP contribution in [0.3, 0.4) is 0 Å². The molecule has 0 bridgehead atoms. The molecule has 0 unspecified atom stereocenters.